The van der Waals surface area contributed by atoms with Gasteiger partial charge in [-0.25, -0.2) is 9.37 Å². The highest BCUT2D eigenvalue weighted by Crippen LogP contribution is 2.41. The van der Waals surface area contributed by atoms with Gasteiger partial charge < -0.3 is 20.1 Å². The molecule has 2 N–H and O–H groups in total. The number of amides is 1. The average Bonchev–Trinajstić information content (AvgIpc) is 3.39. The summed E-state index contributed by atoms with van der Waals surface area (Å²) in [5.74, 6) is 0.370. The number of aryl methyl sites for hydroxylation is 2. The van der Waals surface area contributed by atoms with Gasteiger partial charge in [-0.15, -0.1) is 0 Å². The number of halogens is 1. The number of benzene rings is 1. The number of nitrogens with one attached hydrogen (secondary N) is 2. The Morgan fingerprint density at radius 1 is 1.05 bits per heavy atom. The van der Waals surface area contributed by atoms with E-state index in [2.05, 4.69) is 63.0 Å². The molecule has 0 unspecified atom stereocenters. The summed E-state index contributed by atoms with van der Waals surface area (Å²) in [6.07, 6.45) is 3.79. The molecule has 9 heteroatoms. The third-order valence-corrected chi connectivity index (χ3v) is 7.24. The minimum absolute atomic E-state index is 0.172. The zero-order valence-corrected chi connectivity index (χ0v) is 22.3. The van der Waals surface area contributed by atoms with Gasteiger partial charge in [0.05, 0.1) is 17.8 Å². The Labute approximate surface area is 226 Å². The van der Waals surface area contributed by atoms with Gasteiger partial charge in [-0.3, -0.25) is 9.78 Å². The molecule has 1 aliphatic heterocycles. The number of anilines is 1. The van der Waals surface area contributed by atoms with Crippen molar-refractivity contribution in [3.63, 3.8) is 0 Å². The van der Waals surface area contributed by atoms with Crippen molar-refractivity contribution in [2.24, 2.45) is 0 Å². The van der Waals surface area contributed by atoms with Gasteiger partial charge in [-0.2, -0.15) is 0 Å². The van der Waals surface area contributed by atoms with Crippen LogP contribution in [0.3, 0.4) is 0 Å². The molecule has 1 fully saturated rings. The molecular formula is C29H29FN6OS. The maximum absolute atomic E-state index is 13.2. The highest BCUT2D eigenvalue weighted by molar-refractivity contribution is 7.80. The van der Waals surface area contributed by atoms with E-state index < -0.39 is 0 Å². The fraction of sp³-hybridized carbons (Fsp3) is 0.241. The van der Waals surface area contributed by atoms with E-state index in [0.717, 1.165) is 34.0 Å². The predicted octanol–water partition coefficient (Wildman–Crippen LogP) is 5.33. The first-order valence-corrected chi connectivity index (χ1v) is 12.9. The van der Waals surface area contributed by atoms with Crippen molar-refractivity contribution in [1.82, 2.24) is 24.8 Å². The summed E-state index contributed by atoms with van der Waals surface area (Å²) in [5, 5.41) is 6.86. The normalized spacial score (nSPS) is 16.9. The number of hydrogen-bond donors (Lipinski definition) is 2. The van der Waals surface area contributed by atoms with Crippen LogP contribution in [-0.2, 0) is 4.79 Å². The van der Waals surface area contributed by atoms with Crippen LogP contribution in [0, 0.1) is 26.6 Å². The smallest absolute Gasteiger partial charge is 0.226 e. The molecule has 1 aromatic carbocycles. The molecule has 4 aromatic rings. The van der Waals surface area contributed by atoms with Gasteiger partial charge in [-0.05, 0) is 92.6 Å². The van der Waals surface area contributed by atoms with Crippen molar-refractivity contribution in [3.05, 3.63) is 107 Å². The van der Waals surface area contributed by atoms with Crippen molar-refractivity contribution in [2.45, 2.75) is 39.3 Å². The van der Waals surface area contributed by atoms with E-state index in [4.69, 9.17) is 12.2 Å². The Bertz CT molecular complexity index is 1470. The predicted molar refractivity (Wildman–Crippen MR) is 150 cm³/mol. The Hall–Kier alpha value is -4.11. The van der Waals surface area contributed by atoms with E-state index in [0.29, 0.717) is 17.3 Å². The highest BCUT2D eigenvalue weighted by Gasteiger charge is 2.41. The molecule has 7 nitrogen and oxygen atoms in total. The summed E-state index contributed by atoms with van der Waals surface area (Å²) in [6, 6.07) is 17.4. The average molecular weight is 529 g/mol. The fourth-order valence-corrected chi connectivity index (χ4v) is 5.42. The van der Waals surface area contributed by atoms with E-state index in [1.807, 2.05) is 24.3 Å². The number of carbonyl (C=O) groups excluding carboxylic acids is 1. The summed E-state index contributed by atoms with van der Waals surface area (Å²) in [6.45, 7) is 6.61. The number of rotatable bonds is 7. The molecule has 0 bridgehead atoms. The molecule has 38 heavy (non-hydrogen) atoms. The van der Waals surface area contributed by atoms with E-state index >= 15 is 0 Å². The lowest BCUT2D eigenvalue weighted by Gasteiger charge is -2.28. The molecule has 1 saturated heterocycles. The second-order valence-corrected chi connectivity index (χ2v) is 9.82. The molecule has 2 atom stereocenters. The van der Waals surface area contributed by atoms with Gasteiger partial charge in [0.25, 0.3) is 0 Å². The Morgan fingerprint density at radius 2 is 1.82 bits per heavy atom. The highest BCUT2D eigenvalue weighted by atomic mass is 32.1. The third kappa shape index (κ3) is 5.02. The van der Waals surface area contributed by atoms with Crippen molar-refractivity contribution in [2.75, 3.05) is 11.9 Å². The second kappa shape index (κ2) is 10.7. The van der Waals surface area contributed by atoms with Crippen LogP contribution in [0.1, 0.15) is 46.7 Å². The largest absolute Gasteiger partial charge is 0.352 e. The molecular weight excluding hydrogens is 499 g/mol. The lowest BCUT2D eigenvalue weighted by molar-refractivity contribution is -0.116. The van der Waals surface area contributed by atoms with Gasteiger partial charge in [-0.1, -0.05) is 12.1 Å². The molecule has 4 heterocycles. The number of aromatic nitrogens is 3. The molecule has 0 saturated carbocycles. The van der Waals surface area contributed by atoms with Crippen molar-refractivity contribution in [1.29, 1.82) is 0 Å². The molecule has 194 valence electrons. The van der Waals surface area contributed by atoms with Gasteiger partial charge in [0.15, 0.2) is 5.11 Å². The molecule has 5 rings (SSSR count). The molecule has 0 radical (unpaired) electrons. The van der Waals surface area contributed by atoms with Crippen molar-refractivity contribution in [3.8, 4) is 5.82 Å². The quantitative estimate of drug-likeness (QED) is 0.316. The maximum Gasteiger partial charge on any atom is 0.226 e. The Balaban J connectivity index is 1.47. The second-order valence-electron chi connectivity index (χ2n) is 9.43. The summed E-state index contributed by atoms with van der Waals surface area (Å²) >= 11 is 5.78. The fourth-order valence-electron chi connectivity index (χ4n) is 5.09. The summed E-state index contributed by atoms with van der Waals surface area (Å²) in [5.41, 5.74) is 5.71. The van der Waals surface area contributed by atoms with Gasteiger partial charge >= 0.3 is 0 Å². The van der Waals surface area contributed by atoms with Gasteiger partial charge in [0.2, 0.25) is 5.91 Å². The van der Waals surface area contributed by atoms with Crippen LogP contribution in [0.5, 0.6) is 0 Å². The van der Waals surface area contributed by atoms with E-state index in [-0.39, 0.29) is 30.2 Å². The standard InChI is InChI=1S/C29H29FN6OS/c1-18-7-6-15-32-28(18)36-19(2)17-23(20(36)3)27-26(24-8-4-5-14-31-24)34-29(38)35(27)16-13-25(37)33-22-11-9-21(30)10-12-22/h4-12,14-15,17,26-27H,13,16H2,1-3H3,(H,33,37)(H,34,38)/t26-,27+/m0/s1. The van der Waals surface area contributed by atoms with Crippen LogP contribution in [0.4, 0.5) is 10.1 Å². The SMILES string of the molecule is Cc1cccnc1-n1c(C)cc([C@@H]2[C@H](c3ccccn3)NC(=S)N2CCC(=O)Nc2ccc(F)cc2)c1C. The van der Waals surface area contributed by atoms with Crippen LogP contribution < -0.4 is 10.6 Å². The number of pyridine rings is 2. The molecule has 3 aromatic heterocycles. The van der Waals surface area contributed by atoms with E-state index in [1.54, 1.807) is 24.5 Å². The van der Waals surface area contributed by atoms with E-state index in [1.165, 1.54) is 12.1 Å². The van der Waals surface area contributed by atoms with Gasteiger partial charge in [0.1, 0.15) is 11.6 Å². The monoisotopic (exact) mass is 528 g/mol. The topological polar surface area (TPSA) is 75.1 Å². The van der Waals surface area contributed by atoms with Crippen molar-refractivity contribution >= 4 is 28.9 Å². The number of carbonyl (C=O) groups is 1. The van der Waals surface area contributed by atoms with Crippen molar-refractivity contribution < 1.29 is 9.18 Å². The Morgan fingerprint density at radius 3 is 2.53 bits per heavy atom. The first kappa shape index (κ1) is 25.5. The minimum Gasteiger partial charge on any atom is -0.352 e. The summed E-state index contributed by atoms with van der Waals surface area (Å²) in [7, 11) is 0. The first-order chi connectivity index (χ1) is 18.3. The molecule has 1 amide bonds. The Kier molecular flexibility index (Phi) is 7.20. The lowest BCUT2D eigenvalue weighted by Crippen LogP contribution is -2.32. The molecule has 1 aliphatic rings. The van der Waals surface area contributed by atoms with Crippen LogP contribution in [0.15, 0.2) is 73.1 Å². The third-order valence-electron chi connectivity index (χ3n) is 6.89. The molecule has 0 aliphatic carbocycles. The van der Waals surface area contributed by atoms with Crippen LogP contribution in [-0.4, -0.2) is 37.0 Å². The number of nitrogens with zero attached hydrogens (tertiary/aromatic N) is 4. The first-order valence-electron chi connectivity index (χ1n) is 12.5. The van der Waals surface area contributed by atoms with Crippen LogP contribution >= 0.6 is 12.2 Å². The molecule has 0 spiro atoms. The van der Waals surface area contributed by atoms with Gasteiger partial charge in [0, 0.05) is 42.4 Å². The summed E-state index contributed by atoms with van der Waals surface area (Å²) in [4.78, 5) is 24.1. The van der Waals surface area contributed by atoms with E-state index in [9.17, 15) is 9.18 Å². The van der Waals surface area contributed by atoms with Crippen LogP contribution in [0.2, 0.25) is 0 Å². The zero-order valence-electron chi connectivity index (χ0n) is 21.5. The van der Waals surface area contributed by atoms with Crippen LogP contribution in [0.25, 0.3) is 5.82 Å². The lowest BCUT2D eigenvalue weighted by atomic mass is 9.96. The zero-order chi connectivity index (χ0) is 26.8. The number of thiocarbonyl (C=S) groups is 1. The maximum atomic E-state index is 13.2. The number of hydrogen-bond acceptors (Lipinski definition) is 4. The minimum atomic E-state index is -0.349. The summed E-state index contributed by atoms with van der Waals surface area (Å²) < 4.78 is 15.4.